The Morgan fingerprint density at radius 2 is 1.61 bits per heavy atom. The lowest BCUT2D eigenvalue weighted by Crippen LogP contribution is -2.41. The van der Waals surface area contributed by atoms with Gasteiger partial charge >= 0.3 is 0 Å². The number of amides is 1. The Balaban J connectivity index is 1.86. The first-order valence-corrected chi connectivity index (χ1v) is 12.5. The smallest absolute Gasteiger partial charge is 0.264 e. The second kappa shape index (κ2) is 10.9. The summed E-state index contributed by atoms with van der Waals surface area (Å²) in [5.74, 6) is 0.254. The zero-order valence-corrected chi connectivity index (χ0v) is 20.5. The molecule has 9 heteroatoms. The third-order valence-electron chi connectivity index (χ3n) is 4.82. The minimum Gasteiger partial charge on any atom is -0.494 e. The highest BCUT2D eigenvalue weighted by atomic mass is 35.5. The van der Waals surface area contributed by atoms with Crippen LogP contribution in [0.5, 0.6) is 5.75 Å². The van der Waals surface area contributed by atoms with Gasteiger partial charge in [-0.3, -0.25) is 9.10 Å². The first-order valence-electron chi connectivity index (χ1n) is 10.3. The van der Waals surface area contributed by atoms with Gasteiger partial charge < -0.3 is 10.1 Å². The quantitative estimate of drug-likeness (QED) is 0.417. The Labute approximate surface area is 204 Å². The van der Waals surface area contributed by atoms with E-state index in [4.69, 9.17) is 27.9 Å². The molecular weight excluding hydrogens is 483 g/mol. The molecule has 0 saturated carbocycles. The number of ether oxygens (including phenoxy) is 1. The molecule has 0 aliphatic rings. The standard InChI is InChI=1S/C24H24Cl2N2O4S/c1-3-32-22-11-9-18(10-12-22)17(2)27-24(29)16-28(21-14-19(25)13-20(26)15-21)33(30,31)23-7-5-4-6-8-23/h4-15,17H,3,16H2,1-2H3,(H,27,29)/t17-/m1/s1. The van der Waals surface area contributed by atoms with Gasteiger partial charge in [-0.05, 0) is 61.9 Å². The fourth-order valence-electron chi connectivity index (χ4n) is 3.24. The van der Waals surface area contributed by atoms with Crippen molar-refractivity contribution in [2.24, 2.45) is 0 Å². The minimum absolute atomic E-state index is 0.0495. The number of sulfonamides is 1. The molecule has 3 aromatic carbocycles. The van der Waals surface area contributed by atoms with Gasteiger partial charge in [0.05, 0.1) is 23.2 Å². The van der Waals surface area contributed by atoms with Gasteiger partial charge in [-0.2, -0.15) is 0 Å². The number of carbonyl (C=O) groups is 1. The zero-order valence-electron chi connectivity index (χ0n) is 18.2. The van der Waals surface area contributed by atoms with Crippen molar-refractivity contribution in [2.45, 2.75) is 24.8 Å². The maximum Gasteiger partial charge on any atom is 0.264 e. The van der Waals surface area contributed by atoms with Gasteiger partial charge in [0, 0.05) is 10.0 Å². The Bertz CT molecular complexity index is 1180. The summed E-state index contributed by atoms with van der Waals surface area (Å²) >= 11 is 12.2. The molecule has 1 N–H and O–H groups in total. The average Bonchev–Trinajstić information content (AvgIpc) is 2.78. The first-order chi connectivity index (χ1) is 15.7. The molecule has 0 aliphatic heterocycles. The van der Waals surface area contributed by atoms with E-state index in [2.05, 4.69) is 5.32 Å². The molecule has 3 aromatic rings. The molecule has 0 radical (unpaired) electrons. The van der Waals surface area contributed by atoms with Gasteiger partial charge in [0.2, 0.25) is 5.91 Å². The summed E-state index contributed by atoms with van der Waals surface area (Å²) in [5, 5.41) is 3.37. The van der Waals surface area contributed by atoms with Crippen LogP contribution in [0.25, 0.3) is 0 Å². The number of nitrogens with zero attached hydrogens (tertiary/aromatic N) is 1. The second-order valence-corrected chi connectivity index (χ2v) is 9.98. The third kappa shape index (κ3) is 6.41. The average molecular weight is 507 g/mol. The summed E-state index contributed by atoms with van der Waals surface area (Å²) in [6, 6.07) is 19.3. The summed E-state index contributed by atoms with van der Waals surface area (Å²) < 4.78 is 33.2. The Hall–Kier alpha value is -2.74. The Morgan fingerprint density at radius 1 is 1.00 bits per heavy atom. The molecule has 0 saturated heterocycles. The van der Waals surface area contributed by atoms with E-state index in [-0.39, 0.29) is 26.7 Å². The van der Waals surface area contributed by atoms with E-state index in [0.717, 1.165) is 15.6 Å². The summed E-state index contributed by atoms with van der Waals surface area (Å²) in [7, 11) is -4.06. The number of halogens is 2. The van der Waals surface area contributed by atoms with Gasteiger partial charge in [-0.1, -0.05) is 53.5 Å². The molecule has 0 spiro atoms. The maximum atomic E-state index is 13.4. The molecule has 0 aromatic heterocycles. The lowest BCUT2D eigenvalue weighted by atomic mass is 10.1. The molecule has 174 valence electrons. The molecule has 0 fully saturated rings. The van der Waals surface area contributed by atoms with Crippen LogP contribution in [-0.2, 0) is 14.8 Å². The van der Waals surface area contributed by atoms with Crippen molar-refractivity contribution >= 4 is 44.8 Å². The van der Waals surface area contributed by atoms with Gasteiger partial charge in [0.1, 0.15) is 12.3 Å². The number of hydrogen-bond donors (Lipinski definition) is 1. The van der Waals surface area contributed by atoms with Crippen LogP contribution in [-0.4, -0.2) is 27.5 Å². The lowest BCUT2D eigenvalue weighted by Gasteiger charge is -2.25. The van der Waals surface area contributed by atoms with Crippen LogP contribution < -0.4 is 14.4 Å². The highest BCUT2D eigenvalue weighted by molar-refractivity contribution is 7.92. The van der Waals surface area contributed by atoms with E-state index in [1.807, 2.05) is 38.1 Å². The van der Waals surface area contributed by atoms with Gasteiger partial charge in [0.15, 0.2) is 0 Å². The molecule has 33 heavy (non-hydrogen) atoms. The Morgan fingerprint density at radius 3 is 2.18 bits per heavy atom. The molecule has 0 heterocycles. The van der Waals surface area contributed by atoms with E-state index in [9.17, 15) is 13.2 Å². The number of nitrogens with one attached hydrogen (secondary N) is 1. The fraction of sp³-hybridized carbons (Fsp3) is 0.208. The molecule has 0 aliphatic carbocycles. The van der Waals surface area contributed by atoms with Crippen molar-refractivity contribution in [3.8, 4) is 5.75 Å². The van der Waals surface area contributed by atoms with Gasteiger partial charge in [-0.25, -0.2) is 8.42 Å². The van der Waals surface area contributed by atoms with E-state index >= 15 is 0 Å². The van der Waals surface area contributed by atoms with Crippen LogP contribution in [0.3, 0.4) is 0 Å². The van der Waals surface area contributed by atoms with Crippen LogP contribution in [0.2, 0.25) is 10.0 Å². The van der Waals surface area contributed by atoms with Crippen LogP contribution in [0.1, 0.15) is 25.5 Å². The van der Waals surface area contributed by atoms with Crippen molar-refractivity contribution in [1.82, 2.24) is 5.32 Å². The monoisotopic (exact) mass is 506 g/mol. The van der Waals surface area contributed by atoms with E-state index < -0.39 is 22.5 Å². The van der Waals surface area contributed by atoms with Gasteiger partial charge in [0.25, 0.3) is 10.0 Å². The molecular formula is C24H24Cl2N2O4S. The van der Waals surface area contributed by atoms with Crippen molar-refractivity contribution in [2.75, 3.05) is 17.5 Å². The first kappa shape index (κ1) is 24.9. The van der Waals surface area contributed by atoms with Crippen LogP contribution in [0, 0.1) is 0 Å². The summed E-state index contributed by atoms with van der Waals surface area (Å²) in [4.78, 5) is 13.0. The fourth-order valence-corrected chi connectivity index (χ4v) is 5.18. The highest BCUT2D eigenvalue weighted by Gasteiger charge is 2.28. The lowest BCUT2D eigenvalue weighted by molar-refractivity contribution is -0.120. The molecule has 6 nitrogen and oxygen atoms in total. The predicted octanol–water partition coefficient (Wildman–Crippen LogP) is 5.46. The van der Waals surface area contributed by atoms with Crippen molar-refractivity contribution < 1.29 is 17.9 Å². The van der Waals surface area contributed by atoms with Crippen LogP contribution in [0.4, 0.5) is 5.69 Å². The van der Waals surface area contributed by atoms with Crippen LogP contribution >= 0.6 is 23.2 Å². The summed E-state index contributed by atoms with van der Waals surface area (Å²) in [5.41, 5.74) is 1.05. The molecule has 3 rings (SSSR count). The largest absolute Gasteiger partial charge is 0.494 e. The molecule has 0 unspecified atom stereocenters. The van der Waals surface area contributed by atoms with Crippen molar-refractivity contribution in [3.63, 3.8) is 0 Å². The van der Waals surface area contributed by atoms with Crippen molar-refractivity contribution in [3.05, 3.63) is 88.4 Å². The third-order valence-corrected chi connectivity index (χ3v) is 7.05. The predicted molar refractivity (Wildman–Crippen MR) is 132 cm³/mol. The van der Waals surface area contributed by atoms with Crippen LogP contribution in [0.15, 0.2) is 77.7 Å². The topological polar surface area (TPSA) is 75.7 Å². The maximum absolute atomic E-state index is 13.4. The van der Waals surface area contributed by atoms with E-state index in [0.29, 0.717) is 6.61 Å². The summed E-state index contributed by atoms with van der Waals surface area (Å²) in [6.45, 7) is 3.83. The molecule has 0 bridgehead atoms. The number of anilines is 1. The molecule has 1 atom stereocenters. The van der Waals surface area contributed by atoms with Gasteiger partial charge in [-0.15, -0.1) is 0 Å². The summed E-state index contributed by atoms with van der Waals surface area (Å²) in [6.07, 6.45) is 0. The normalized spacial score (nSPS) is 12.1. The SMILES string of the molecule is CCOc1ccc([C@@H](C)NC(=O)CN(c2cc(Cl)cc(Cl)c2)S(=O)(=O)c2ccccc2)cc1. The zero-order chi connectivity index (χ0) is 24.0. The number of benzene rings is 3. The second-order valence-electron chi connectivity index (χ2n) is 7.24. The van der Waals surface area contributed by atoms with E-state index in [1.165, 1.54) is 30.3 Å². The van der Waals surface area contributed by atoms with E-state index in [1.54, 1.807) is 18.2 Å². The van der Waals surface area contributed by atoms with Crippen molar-refractivity contribution in [1.29, 1.82) is 0 Å². The number of hydrogen-bond acceptors (Lipinski definition) is 4. The highest BCUT2D eigenvalue weighted by Crippen LogP contribution is 2.29. The molecule has 1 amide bonds. The Kier molecular flexibility index (Phi) is 8.24. The number of rotatable bonds is 9. The number of carbonyl (C=O) groups excluding carboxylic acids is 1. The minimum atomic E-state index is -4.06.